The number of H-pyrrole nitrogens is 2. The third-order valence-electron chi connectivity index (χ3n) is 23.4. The predicted molar refractivity (Wildman–Crippen MR) is 494 cm³/mol. The van der Waals surface area contributed by atoms with Crippen LogP contribution in [0.4, 0.5) is 0 Å². The first-order chi connectivity index (χ1) is 63.9. The number of aromatic nitrogens is 3. The average Bonchev–Trinajstić information content (AvgIpc) is 1.67. The second kappa shape index (κ2) is 50.2. The number of nitrogens with one attached hydrogen (secondary N) is 14. The number of rotatable bonds is 25. The zero-order valence-electron chi connectivity index (χ0n) is 75.0. The quantitative estimate of drug-likeness (QED) is 0.0145. The zero-order valence-corrected chi connectivity index (χ0v) is 77.5. The topological polar surface area (TPSA) is 666 Å². The molecule has 17 amide bonds. The minimum Gasteiger partial charge on any atom is -0.508 e. The minimum atomic E-state index is -1.92. The van der Waals surface area contributed by atoms with Crippen molar-refractivity contribution in [2.75, 3.05) is 84.1 Å². The van der Waals surface area contributed by atoms with Gasteiger partial charge < -0.3 is 131 Å². The molecule has 15 atom stereocenters. The molecule has 3 aliphatic rings. The Kier molecular flexibility index (Phi) is 39.2. The number of nitrogens with two attached hydrogens (primary N) is 3. The van der Waals surface area contributed by atoms with E-state index in [2.05, 4.69) is 73.4 Å². The van der Waals surface area contributed by atoms with Gasteiger partial charge in [-0.2, -0.15) is 11.8 Å². The second-order valence-electron chi connectivity index (χ2n) is 33.1. The van der Waals surface area contributed by atoms with Crippen LogP contribution in [0.15, 0.2) is 96.9 Å². The van der Waals surface area contributed by atoms with Gasteiger partial charge in [0.25, 0.3) is 0 Å². The molecule has 0 radical (unpaired) electrons. The lowest BCUT2D eigenvalue weighted by Gasteiger charge is -2.36. The molecular weight excluding hydrogens is 1800 g/mol. The largest absolute Gasteiger partial charge is 0.508 e. The van der Waals surface area contributed by atoms with Crippen molar-refractivity contribution in [2.24, 2.45) is 17.2 Å². The van der Waals surface area contributed by atoms with Gasteiger partial charge in [0.05, 0.1) is 44.4 Å². The summed E-state index contributed by atoms with van der Waals surface area (Å²) in [6, 6.07) is -3.11. The van der Waals surface area contributed by atoms with Crippen molar-refractivity contribution in [1.82, 2.24) is 97.9 Å². The Morgan fingerprint density at radius 3 is 1.84 bits per heavy atom. The van der Waals surface area contributed by atoms with E-state index in [4.69, 9.17) is 22.6 Å². The number of thioether (sulfide) groups is 2. The van der Waals surface area contributed by atoms with Crippen molar-refractivity contribution in [3.8, 4) is 5.75 Å². The number of hydrogen-bond donors (Lipinski definition) is 21. The van der Waals surface area contributed by atoms with E-state index in [1.54, 1.807) is 60.3 Å². The number of unbranched alkanes of at least 4 members (excludes halogenated alkanes) is 1. The molecule has 3 fully saturated rings. The summed E-state index contributed by atoms with van der Waals surface area (Å²) >= 11 is 3.39. The summed E-state index contributed by atoms with van der Waals surface area (Å²) in [6.45, 7) is -0.664. The van der Waals surface area contributed by atoms with Crippen LogP contribution in [0.5, 0.6) is 5.75 Å². The Morgan fingerprint density at radius 1 is 0.582 bits per heavy atom. The summed E-state index contributed by atoms with van der Waals surface area (Å²) in [6.07, 6.45) is 2.49. The van der Waals surface area contributed by atoms with Gasteiger partial charge in [-0.1, -0.05) is 68.3 Å². The van der Waals surface area contributed by atoms with E-state index >= 15 is 28.8 Å². The van der Waals surface area contributed by atoms with Gasteiger partial charge >= 0.3 is 0 Å². The summed E-state index contributed by atoms with van der Waals surface area (Å²) in [4.78, 5) is 264. The van der Waals surface area contributed by atoms with E-state index in [0.29, 0.717) is 45.8 Å². The zero-order chi connectivity index (χ0) is 97.7. The van der Waals surface area contributed by atoms with Crippen LogP contribution in [-0.4, -0.2) is 341 Å². The van der Waals surface area contributed by atoms with Crippen LogP contribution in [0.3, 0.4) is 0 Å². The number of phenols is 1. The highest BCUT2D eigenvalue weighted by molar-refractivity contribution is 8.00. The highest BCUT2D eigenvalue weighted by Gasteiger charge is 2.47. The first-order valence-corrected chi connectivity index (χ1v) is 47.1. The summed E-state index contributed by atoms with van der Waals surface area (Å²) in [5.41, 5.74) is 19.0. The van der Waals surface area contributed by atoms with Crippen LogP contribution in [-0.2, 0) is 107 Å². The number of fused-ring (bicyclic) bond motifs is 4. The number of carbonyl (C=O) groups excluding carboxylic acids is 17. The fraction of sp³-hybridized carbons (Fsp3) is 0.506. The Balaban J connectivity index is 1.09. The maximum absolute atomic E-state index is 15.7. The van der Waals surface area contributed by atoms with E-state index < -0.39 is 248 Å². The summed E-state index contributed by atoms with van der Waals surface area (Å²) < 4.78 is 0.798. The average molecular weight is 1920 g/mol. The molecule has 47 heteroatoms. The molecule has 134 heavy (non-hydrogen) atoms. The van der Waals surface area contributed by atoms with Gasteiger partial charge in [0.1, 0.15) is 90.3 Å². The van der Waals surface area contributed by atoms with Gasteiger partial charge in [0.15, 0.2) is 5.96 Å². The monoisotopic (exact) mass is 1920 g/mol. The lowest BCUT2D eigenvalue weighted by Crippen LogP contribution is -2.62. The number of thiophene rings is 1. The second-order valence-corrected chi connectivity index (χ2v) is 36.0. The van der Waals surface area contributed by atoms with E-state index in [-0.39, 0.29) is 94.5 Å². The van der Waals surface area contributed by atoms with E-state index in [1.165, 1.54) is 88.0 Å². The van der Waals surface area contributed by atoms with Crippen LogP contribution in [0.2, 0.25) is 0 Å². The van der Waals surface area contributed by atoms with Gasteiger partial charge in [-0.25, -0.2) is 4.98 Å². The number of primary amides is 2. The molecule has 1 unspecified atom stereocenters. The number of amides is 17. The minimum absolute atomic E-state index is 0.0206. The SMILES string of the molecule is CCCC[C@H]1C(=O)N(C)[C@@H](CCSC)C(=O)N[C@@H](CCCNC(=N)N)C(=O)NC(C(=O)NCC(N)=O)CSCC(=O)N[C@@H](Cc2ccc(O)cc2)C(=O)N(C)[C@@H](C)C(=O)N[C@@H](CC(N)=O)C(=O)N2CCC[C@H]2C(=O)N[C@@H](Cc2cnc[nH]2)C(=O)N[C@@H](CO)C(=O)N2C[C@H](O)C[C@H]2C(=O)N[C@@H](Cc2c[nH]c3ccccc23)C(=O)N[C@@H](CO)C(=O)N[C@@H](Cc2csc3ccccc23)C(=O)N1C. The van der Waals surface area contributed by atoms with Crippen molar-refractivity contribution in [2.45, 2.75) is 194 Å². The smallest absolute Gasteiger partial charge is 0.248 e. The Hall–Kier alpha value is -13.0. The molecule has 9 rings (SSSR count). The molecule has 3 aliphatic heterocycles. The molecule has 0 bridgehead atoms. The van der Waals surface area contributed by atoms with Gasteiger partial charge in [0.2, 0.25) is 100 Å². The number of nitrogens with zero attached hydrogens (tertiary/aromatic N) is 6. The molecule has 44 nitrogen and oxygen atoms in total. The summed E-state index contributed by atoms with van der Waals surface area (Å²) in [5, 5.41) is 83.0. The third-order valence-corrected chi connectivity index (χ3v) is 26.1. The number of guanidine groups is 1. The van der Waals surface area contributed by atoms with Crippen molar-refractivity contribution in [1.29, 1.82) is 5.41 Å². The number of aromatic hydroxyl groups is 1. The molecule has 3 saturated heterocycles. The maximum atomic E-state index is 15.7. The molecule has 726 valence electrons. The lowest BCUT2D eigenvalue weighted by atomic mass is 10.0. The lowest BCUT2D eigenvalue weighted by molar-refractivity contribution is -0.149. The number of phenolic OH excluding ortho intramolecular Hbond substituents is 1. The predicted octanol–water partition coefficient (Wildman–Crippen LogP) is -4.69. The molecule has 3 aromatic carbocycles. The molecule has 3 aromatic heterocycles. The van der Waals surface area contributed by atoms with Crippen molar-refractivity contribution >= 4 is 162 Å². The fourth-order valence-corrected chi connectivity index (χ4v) is 18.3. The third kappa shape index (κ3) is 28.8. The Labute approximate surface area is 784 Å². The molecule has 6 aromatic rings. The van der Waals surface area contributed by atoms with Crippen LogP contribution in [0.1, 0.15) is 100 Å². The van der Waals surface area contributed by atoms with Gasteiger partial charge in [-0.15, -0.1) is 23.1 Å². The first kappa shape index (κ1) is 105. The first-order valence-electron chi connectivity index (χ1n) is 43.7. The Bertz CT molecular complexity index is 5200. The number of benzene rings is 3. The number of aromatic amines is 2. The van der Waals surface area contributed by atoms with Crippen molar-refractivity contribution in [3.63, 3.8) is 0 Å². The van der Waals surface area contributed by atoms with E-state index in [9.17, 15) is 73.2 Å². The normalized spacial score (nSPS) is 24.8. The fourth-order valence-electron chi connectivity index (χ4n) is 16.0. The highest BCUT2D eigenvalue weighted by Crippen LogP contribution is 2.30. The molecule has 0 spiro atoms. The van der Waals surface area contributed by atoms with Gasteiger partial charge in [0, 0.05) is 112 Å². The molecule has 6 heterocycles. The number of imidazole rings is 1. The van der Waals surface area contributed by atoms with Crippen LogP contribution < -0.4 is 75.7 Å². The van der Waals surface area contributed by atoms with Crippen LogP contribution in [0, 0.1) is 5.41 Å². The number of aliphatic hydroxyl groups excluding tert-OH is 3. The number of para-hydroxylation sites is 1. The van der Waals surface area contributed by atoms with Crippen LogP contribution in [0.25, 0.3) is 21.0 Å². The molecule has 0 saturated carbocycles. The number of hydrogen-bond acceptors (Lipinski definition) is 26. The van der Waals surface area contributed by atoms with Crippen LogP contribution >= 0.6 is 34.9 Å². The summed E-state index contributed by atoms with van der Waals surface area (Å²) in [7, 11) is 3.86. The molecule has 24 N–H and O–H groups in total. The van der Waals surface area contributed by atoms with E-state index in [0.717, 1.165) is 41.0 Å². The van der Waals surface area contributed by atoms with E-state index in [1.807, 2.05) is 13.0 Å². The van der Waals surface area contributed by atoms with Crippen molar-refractivity contribution < 1.29 is 102 Å². The highest BCUT2D eigenvalue weighted by atomic mass is 32.2. The molecule has 0 aliphatic carbocycles. The number of likely N-dealkylation sites (N-methyl/N-ethyl adjacent to an activating group) is 3. The number of carbonyl (C=O) groups is 17. The van der Waals surface area contributed by atoms with Gasteiger partial charge in [-0.05, 0) is 109 Å². The maximum Gasteiger partial charge on any atom is 0.248 e. The summed E-state index contributed by atoms with van der Waals surface area (Å²) in [5.74, 6) is -18.3. The molecular formula is C87H119N23O21S3. The number of aliphatic hydroxyl groups is 3. The van der Waals surface area contributed by atoms with Crippen molar-refractivity contribution in [3.05, 3.63) is 119 Å². The Morgan fingerprint density at radius 2 is 1.18 bits per heavy atom. The standard InChI is InChI=1S/C87H119N23O21S3/c1-7-8-19-67-86(131)107(4)65(26-29-132-6)79(124)98-56(18-13-27-93-87(90)91)75(120)105-64(74(119)95-38-71(89)116)43-133-44-72(117)97-59(30-47-22-24-51(113)25-23-47)82(127)106(3)46(2)73(118)101-61(35-70(88)115)84(129)109-28-14-20-66(109)80(125)100-58(33-50-37-92-45-96-50)77(122)104-63(41-112)85(130)110-39-52(114)34-68(110)81(126)99-57(31-48-36-94-55-17-11-9-15-53(48)55)76(121)103-62(40-111)78(123)102-60(83(128)108(67)5)32-49-42-134-69-21-12-10-16-54(49)69/h9-12,15-17,21-25,36-37,42,45-46,52,56-68,94,111-114H,7-8,13-14,18-20,26-35,38-41,43-44H2,1-6H3,(H2,88,115)(H2,89,116)(H,92,96)(H,95,119)(H,97,117)(H,98,124)(H,99,126)(H,100,125)(H,101,118)(H,102,123)(H,103,121)(H,104,122)(H,105,120)(H4,90,91,93)/t46-,52+,56-,57-,58-,59-,60-,61-,62-,63-,64?,65-,66-,67-,68-/m0/s1. The van der Waals surface area contributed by atoms with Gasteiger partial charge in [-0.3, -0.25) is 86.9 Å².